The summed E-state index contributed by atoms with van der Waals surface area (Å²) in [6, 6.07) is 11.7. The van der Waals surface area contributed by atoms with E-state index < -0.39 is 23.4 Å². The zero-order valence-corrected chi connectivity index (χ0v) is 15.8. The summed E-state index contributed by atoms with van der Waals surface area (Å²) >= 11 is 0. The number of nitro benzene ring substituents is 1. The van der Waals surface area contributed by atoms with Crippen molar-refractivity contribution in [2.24, 2.45) is 0 Å². The molecule has 0 aliphatic carbocycles. The summed E-state index contributed by atoms with van der Waals surface area (Å²) in [5, 5.41) is 13.6. The van der Waals surface area contributed by atoms with Crippen LogP contribution in [0.5, 0.6) is 0 Å². The highest BCUT2D eigenvalue weighted by atomic mass is 16.6. The molecule has 2 aromatic rings. The molecule has 0 unspecified atom stereocenters. The van der Waals surface area contributed by atoms with Crippen LogP contribution in [-0.2, 0) is 27.2 Å². The van der Waals surface area contributed by atoms with Gasteiger partial charge in [-0.2, -0.15) is 0 Å². The number of anilines is 1. The van der Waals surface area contributed by atoms with E-state index in [1.165, 1.54) is 24.3 Å². The second-order valence-electron chi connectivity index (χ2n) is 6.00. The first-order valence-corrected chi connectivity index (χ1v) is 8.94. The van der Waals surface area contributed by atoms with Crippen LogP contribution in [0.3, 0.4) is 0 Å². The topological polar surface area (TPSA) is 98.5 Å². The average molecular weight is 382 g/mol. The Morgan fingerprint density at radius 3 is 2.36 bits per heavy atom. The lowest BCUT2D eigenvalue weighted by molar-refractivity contribution is -0.384. The minimum atomic E-state index is -0.707. The van der Waals surface area contributed by atoms with E-state index in [9.17, 15) is 19.7 Å². The van der Waals surface area contributed by atoms with Gasteiger partial charge in [0.1, 0.15) is 0 Å². The second kappa shape index (κ2) is 10.0. The molecule has 7 nitrogen and oxygen atoms in total. The van der Waals surface area contributed by atoms with Crippen LogP contribution < -0.4 is 5.32 Å². The van der Waals surface area contributed by atoms with Crippen molar-refractivity contribution >= 4 is 29.3 Å². The lowest BCUT2D eigenvalue weighted by atomic mass is 10.0. The fraction of sp³-hybridized carbons (Fsp3) is 0.238. The van der Waals surface area contributed by atoms with Crippen molar-refractivity contribution in [3.05, 3.63) is 75.3 Å². The Bertz CT molecular complexity index is 883. The van der Waals surface area contributed by atoms with Crippen molar-refractivity contribution in [1.82, 2.24) is 0 Å². The van der Waals surface area contributed by atoms with Crippen LogP contribution in [0.4, 0.5) is 11.4 Å². The van der Waals surface area contributed by atoms with E-state index in [2.05, 4.69) is 5.32 Å². The molecule has 0 bridgehead atoms. The minimum Gasteiger partial charge on any atom is -0.452 e. The van der Waals surface area contributed by atoms with Crippen LogP contribution in [-0.4, -0.2) is 23.4 Å². The molecule has 0 aromatic heterocycles. The zero-order valence-electron chi connectivity index (χ0n) is 15.8. The number of hydrogen-bond acceptors (Lipinski definition) is 5. The molecule has 0 saturated heterocycles. The third-order valence-electron chi connectivity index (χ3n) is 4.10. The summed E-state index contributed by atoms with van der Waals surface area (Å²) in [6.45, 7) is 3.59. The van der Waals surface area contributed by atoms with Crippen LogP contribution in [0.1, 0.15) is 30.5 Å². The smallest absolute Gasteiger partial charge is 0.331 e. The van der Waals surface area contributed by atoms with Gasteiger partial charge in [-0.1, -0.05) is 44.2 Å². The maximum absolute atomic E-state index is 12.2. The molecular weight excluding hydrogens is 360 g/mol. The van der Waals surface area contributed by atoms with E-state index in [0.29, 0.717) is 5.56 Å². The molecule has 0 atom stereocenters. The fourth-order valence-corrected chi connectivity index (χ4v) is 2.67. The SMILES string of the molecule is CCc1cccc(CC)c1NC(=O)COC(=O)/C=C/c1cccc([N+](=O)[O-])c1. The number of aryl methyl sites for hydroxylation is 2. The van der Waals surface area contributed by atoms with Gasteiger partial charge in [0.2, 0.25) is 0 Å². The molecule has 0 saturated carbocycles. The van der Waals surface area contributed by atoms with E-state index in [-0.39, 0.29) is 5.69 Å². The Hall–Kier alpha value is -3.48. The van der Waals surface area contributed by atoms with Gasteiger partial charge in [-0.05, 0) is 35.6 Å². The van der Waals surface area contributed by atoms with Crippen LogP contribution in [0, 0.1) is 10.1 Å². The van der Waals surface area contributed by atoms with E-state index in [0.717, 1.165) is 35.7 Å². The molecule has 2 aromatic carbocycles. The first kappa shape index (κ1) is 20.8. The number of non-ortho nitro benzene ring substituents is 1. The Labute approximate surface area is 163 Å². The number of amides is 1. The molecule has 7 heteroatoms. The Morgan fingerprint density at radius 2 is 1.75 bits per heavy atom. The average Bonchev–Trinajstić information content (AvgIpc) is 2.71. The van der Waals surface area contributed by atoms with Crippen molar-refractivity contribution in [3.8, 4) is 0 Å². The molecule has 0 fully saturated rings. The fourth-order valence-electron chi connectivity index (χ4n) is 2.67. The van der Waals surface area contributed by atoms with Gasteiger partial charge in [-0.25, -0.2) is 4.79 Å². The summed E-state index contributed by atoms with van der Waals surface area (Å²) in [5.41, 5.74) is 3.21. The number of hydrogen-bond donors (Lipinski definition) is 1. The molecule has 0 aliphatic rings. The highest BCUT2D eigenvalue weighted by Gasteiger charge is 2.11. The number of carbonyl (C=O) groups is 2. The predicted molar refractivity (Wildman–Crippen MR) is 107 cm³/mol. The third-order valence-corrected chi connectivity index (χ3v) is 4.10. The molecule has 1 amide bonds. The largest absolute Gasteiger partial charge is 0.452 e. The van der Waals surface area contributed by atoms with E-state index in [4.69, 9.17) is 4.74 Å². The lowest BCUT2D eigenvalue weighted by Gasteiger charge is -2.14. The van der Waals surface area contributed by atoms with Crippen LogP contribution in [0.15, 0.2) is 48.5 Å². The number of nitro groups is 1. The molecule has 0 heterocycles. The number of rotatable bonds is 8. The highest BCUT2D eigenvalue weighted by Crippen LogP contribution is 2.22. The molecule has 28 heavy (non-hydrogen) atoms. The Balaban J connectivity index is 1.94. The van der Waals surface area contributed by atoms with Gasteiger partial charge in [0.25, 0.3) is 11.6 Å². The summed E-state index contributed by atoms with van der Waals surface area (Å²) in [6.07, 6.45) is 4.07. The highest BCUT2D eigenvalue weighted by molar-refractivity contribution is 5.95. The van der Waals surface area contributed by atoms with Crippen molar-refractivity contribution < 1.29 is 19.2 Å². The van der Waals surface area contributed by atoms with Crippen LogP contribution in [0.2, 0.25) is 0 Å². The van der Waals surface area contributed by atoms with Gasteiger partial charge >= 0.3 is 5.97 Å². The van der Waals surface area contributed by atoms with Gasteiger partial charge in [0, 0.05) is 23.9 Å². The molecule has 1 N–H and O–H groups in total. The molecule has 0 radical (unpaired) electrons. The minimum absolute atomic E-state index is 0.0730. The van der Waals surface area contributed by atoms with Gasteiger partial charge in [-0.3, -0.25) is 14.9 Å². The zero-order chi connectivity index (χ0) is 20.5. The van der Waals surface area contributed by atoms with Crippen molar-refractivity contribution in [2.75, 3.05) is 11.9 Å². The molecular formula is C21H22N2O5. The maximum atomic E-state index is 12.2. The van der Waals surface area contributed by atoms with Gasteiger partial charge < -0.3 is 10.1 Å². The van der Waals surface area contributed by atoms with Crippen LogP contribution in [0.25, 0.3) is 6.08 Å². The van der Waals surface area contributed by atoms with E-state index in [1.54, 1.807) is 6.07 Å². The molecule has 146 valence electrons. The standard InChI is InChI=1S/C21H22N2O5/c1-3-16-8-6-9-17(4-2)21(16)22-19(24)14-28-20(25)12-11-15-7-5-10-18(13-15)23(26)27/h5-13H,3-4,14H2,1-2H3,(H,22,24)/b12-11+. The van der Waals surface area contributed by atoms with E-state index >= 15 is 0 Å². The molecule has 0 aliphatic heterocycles. The first-order valence-electron chi connectivity index (χ1n) is 8.94. The second-order valence-corrected chi connectivity index (χ2v) is 6.00. The van der Waals surface area contributed by atoms with Gasteiger partial charge in [-0.15, -0.1) is 0 Å². The predicted octanol–water partition coefficient (Wildman–Crippen LogP) is 3.91. The summed E-state index contributed by atoms with van der Waals surface area (Å²) < 4.78 is 4.95. The quantitative estimate of drug-likeness (QED) is 0.323. The third kappa shape index (κ3) is 5.77. The van der Waals surface area contributed by atoms with Crippen molar-refractivity contribution in [2.45, 2.75) is 26.7 Å². The van der Waals surface area contributed by atoms with Gasteiger partial charge in [0.15, 0.2) is 6.61 Å². The number of nitrogens with one attached hydrogen (secondary N) is 1. The molecule has 2 rings (SSSR count). The number of carbonyl (C=O) groups excluding carboxylic acids is 2. The van der Waals surface area contributed by atoms with Crippen LogP contribution >= 0.6 is 0 Å². The monoisotopic (exact) mass is 382 g/mol. The lowest BCUT2D eigenvalue weighted by Crippen LogP contribution is -2.21. The normalized spacial score (nSPS) is 10.6. The maximum Gasteiger partial charge on any atom is 0.331 e. The Morgan fingerprint density at radius 1 is 1.11 bits per heavy atom. The number of esters is 1. The Kier molecular flexibility index (Phi) is 7.45. The number of benzene rings is 2. The van der Waals surface area contributed by atoms with Crippen molar-refractivity contribution in [3.63, 3.8) is 0 Å². The summed E-state index contributed by atoms with van der Waals surface area (Å²) in [7, 11) is 0. The molecule has 0 spiro atoms. The van der Waals surface area contributed by atoms with E-state index in [1.807, 2.05) is 32.0 Å². The first-order chi connectivity index (χ1) is 13.4. The number of ether oxygens (including phenoxy) is 1. The number of para-hydroxylation sites is 1. The summed E-state index contributed by atoms with van der Waals surface area (Å²) in [4.78, 5) is 34.2. The summed E-state index contributed by atoms with van der Waals surface area (Å²) in [5.74, 6) is -1.13. The van der Waals surface area contributed by atoms with Gasteiger partial charge in [0.05, 0.1) is 4.92 Å². The van der Waals surface area contributed by atoms with Crippen molar-refractivity contribution in [1.29, 1.82) is 0 Å². The number of nitrogens with zero attached hydrogens (tertiary/aromatic N) is 1.